The van der Waals surface area contributed by atoms with Crippen LogP contribution in [0.15, 0.2) is 0 Å². The number of carbonyl (C=O) groups is 1. The van der Waals surface area contributed by atoms with Gasteiger partial charge in [-0.05, 0) is 19.8 Å². The molecule has 0 aromatic rings. The van der Waals surface area contributed by atoms with Crippen LogP contribution < -0.4 is 9.44 Å². The van der Waals surface area contributed by atoms with Crippen molar-refractivity contribution in [1.29, 1.82) is 0 Å². The van der Waals surface area contributed by atoms with E-state index in [2.05, 4.69) is 25.4 Å². The minimum Gasteiger partial charge on any atom is -0.449 e. The van der Waals surface area contributed by atoms with E-state index >= 15 is 0 Å². The summed E-state index contributed by atoms with van der Waals surface area (Å²) in [6, 6.07) is 0. The minimum atomic E-state index is -3.77. The highest BCUT2D eigenvalue weighted by molar-refractivity contribution is 9.09. The van der Waals surface area contributed by atoms with Crippen LogP contribution in [-0.4, -0.2) is 33.0 Å². The summed E-state index contributed by atoms with van der Waals surface area (Å²) in [4.78, 5) is 10.8. The molecule has 0 bridgehead atoms. The van der Waals surface area contributed by atoms with Gasteiger partial charge in [0.05, 0.1) is 6.61 Å². The normalized spacial score (nSPS) is 11.1. The molecule has 0 radical (unpaired) electrons. The van der Waals surface area contributed by atoms with Gasteiger partial charge in [-0.1, -0.05) is 15.9 Å². The molecule has 6 nitrogen and oxygen atoms in total. The van der Waals surface area contributed by atoms with Crippen LogP contribution in [-0.2, 0) is 14.9 Å². The van der Waals surface area contributed by atoms with Crippen molar-refractivity contribution in [3.05, 3.63) is 0 Å². The number of hydrogen-bond donors (Lipinski definition) is 2. The summed E-state index contributed by atoms with van der Waals surface area (Å²) >= 11 is 3.22. The lowest BCUT2D eigenvalue weighted by Crippen LogP contribution is -2.40. The van der Waals surface area contributed by atoms with Gasteiger partial charge in [-0.25, -0.2) is 9.52 Å². The zero-order valence-electron chi connectivity index (χ0n) is 8.45. The third-order valence-corrected chi connectivity index (χ3v) is 2.93. The van der Waals surface area contributed by atoms with Gasteiger partial charge >= 0.3 is 16.3 Å². The van der Waals surface area contributed by atoms with E-state index < -0.39 is 16.3 Å². The first-order valence-electron chi connectivity index (χ1n) is 4.52. The summed E-state index contributed by atoms with van der Waals surface area (Å²) in [6.45, 7) is 2.01. The molecule has 0 aromatic heterocycles. The Bertz CT molecular complexity index is 281. The highest BCUT2D eigenvalue weighted by Crippen LogP contribution is 1.92. The lowest BCUT2D eigenvalue weighted by Gasteiger charge is -2.07. The van der Waals surface area contributed by atoms with Gasteiger partial charge in [-0.3, -0.25) is 0 Å². The lowest BCUT2D eigenvalue weighted by molar-refractivity contribution is 0.158. The second-order valence-corrected chi connectivity index (χ2v) is 4.91. The molecule has 90 valence electrons. The summed E-state index contributed by atoms with van der Waals surface area (Å²) in [7, 11) is -3.77. The van der Waals surface area contributed by atoms with Gasteiger partial charge in [0.1, 0.15) is 0 Å². The molecule has 0 saturated heterocycles. The molecule has 2 N–H and O–H groups in total. The van der Waals surface area contributed by atoms with E-state index in [0.29, 0.717) is 13.0 Å². The Morgan fingerprint density at radius 3 is 2.60 bits per heavy atom. The first-order valence-corrected chi connectivity index (χ1v) is 7.12. The molecular weight excluding hydrogens is 288 g/mol. The second-order valence-electron chi connectivity index (χ2n) is 2.62. The van der Waals surface area contributed by atoms with Crippen LogP contribution in [0.1, 0.15) is 19.8 Å². The lowest BCUT2D eigenvalue weighted by atomic mass is 10.3. The van der Waals surface area contributed by atoms with Gasteiger partial charge in [0.25, 0.3) is 0 Å². The maximum atomic E-state index is 11.1. The molecule has 1 amide bonds. The molecule has 0 heterocycles. The number of unbranched alkanes of at least 4 members (excludes halogenated alkanes) is 1. The van der Waals surface area contributed by atoms with Crippen molar-refractivity contribution in [1.82, 2.24) is 9.44 Å². The SMILES string of the molecule is CCOC(=O)NS(=O)(=O)NCCCCBr. The average Bonchev–Trinajstić information content (AvgIpc) is 2.12. The Hall–Kier alpha value is -0.340. The Kier molecular flexibility index (Phi) is 7.71. The van der Waals surface area contributed by atoms with Crippen molar-refractivity contribution in [3.8, 4) is 0 Å². The molecule has 0 saturated carbocycles. The van der Waals surface area contributed by atoms with Crippen LogP contribution in [0, 0.1) is 0 Å². The maximum absolute atomic E-state index is 11.1. The Labute approximate surface area is 98.1 Å². The molecule has 0 spiro atoms. The number of halogens is 1. The van der Waals surface area contributed by atoms with Crippen LogP contribution in [0.2, 0.25) is 0 Å². The highest BCUT2D eigenvalue weighted by atomic mass is 79.9. The molecule has 8 heteroatoms. The topological polar surface area (TPSA) is 84.5 Å². The standard InChI is InChI=1S/C7H15BrN2O4S/c1-2-14-7(11)10-15(12,13)9-6-4-3-5-8/h9H,2-6H2,1H3,(H,10,11). The first kappa shape index (κ1) is 14.7. The number of ether oxygens (including phenoxy) is 1. The highest BCUT2D eigenvalue weighted by Gasteiger charge is 2.13. The van der Waals surface area contributed by atoms with Gasteiger partial charge in [-0.2, -0.15) is 13.1 Å². The predicted molar refractivity (Wildman–Crippen MR) is 60.1 cm³/mol. The number of amides is 1. The van der Waals surface area contributed by atoms with E-state index in [1.807, 2.05) is 0 Å². The Balaban J connectivity index is 3.82. The smallest absolute Gasteiger partial charge is 0.421 e. The molecule has 0 aliphatic carbocycles. The van der Waals surface area contributed by atoms with Crippen LogP contribution in [0.3, 0.4) is 0 Å². The van der Waals surface area contributed by atoms with E-state index in [9.17, 15) is 13.2 Å². The number of carbonyl (C=O) groups excluding carboxylic acids is 1. The number of alkyl halides is 1. The van der Waals surface area contributed by atoms with Crippen LogP contribution in [0.5, 0.6) is 0 Å². The third kappa shape index (κ3) is 8.64. The first-order chi connectivity index (χ1) is 7.02. The third-order valence-electron chi connectivity index (χ3n) is 1.35. The van der Waals surface area contributed by atoms with Gasteiger partial charge in [0, 0.05) is 11.9 Å². The van der Waals surface area contributed by atoms with Gasteiger partial charge in [0.15, 0.2) is 0 Å². The molecule has 0 unspecified atom stereocenters. The minimum absolute atomic E-state index is 0.130. The summed E-state index contributed by atoms with van der Waals surface area (Å²) in [5.74, 6) is 0. The van der Waals surface area contributed by atoms with Crippen molar-refractivity contribution in [2.24, 2.45) is 0 Å². The van der Waals surface area contributed by atoms with Crippen molar-refractivity contribution in [3.63, 3.8) is 0 Å². The zero-order chi connectivity index (χ0) is 11.7. The fourth-order valence-electron chi connectivity index (χ4n) is 0.732. The van der Waals surface area contributed by atoms with E-state index in [-0.39, 0.29) is 6.61 Å². The van der Waals surface area contributed by atoms with Crippen molar-refractivity contribution >= 4 is 32.2 Å². The molecule has 0 aromatic carbocycles. The maximum Gasteiger partial charge on any atom is 0.421 e. The van der Waals surface area contributed by atoms with E-state index in [1.165, 1.54) is 0 Å². The molecular formula is C7H15BrN2O4S. The monoisotopic (exact) mass is 302 g/mol. The van der Waals surface area contributed by atoms with Crippen molar-refractivity contribution in [2.75, 3.05) is 18.5 Å². The second kappa shape index (κ2) is 7.89. The van der Waals surface area contributed by atoms with Crippen LogP contribution >= 0.6 is 15.9 Å². The number of nitrogens with one attached hydrogen (secondary N) is 2. The Morgan fingerprint density at radius 1 is 1.40 bits per heavy atom. The number of rotatable bonds is 7. The summed E-state index contributed by atoms with van der Waals surface area (Å²) < 4.78 is 30.7. The molecule has 0 fully saturated rings. The Morgan fingerprint density at radius 2 is 2.07 bits per heavy atom. The summed E-state index contributed by atoms with van der Waals surface area (Å²) in [5.41, 5.74) is 0. The van der Waals surface area contributed by atoms with E-state index in [1.54, 1.807) is 11.6 Å². The largest absolute Gasteiger partial charge is 0.449 e. The average molecular weight is 303 g/mol. The molecule has 0 aliphatic rings. The fraction of sp³-hybridized carbons (Fsp3) is 0.857. The van der Waals surface area contributed by atoms with Gasteiger partial charge in [0.2, 0.25) is 0 Å². The quantitative estimate of drug-likeness (QED) is 0.537. The summed E-state index contributed by atoms with van der Waals surface area (Å²) in [6.07, 6.45) is 0.599. The van der Waals surface area contributed by atoms with Gasteiger partial charge < -0.3 is 4.74 Å². The predicted octanol–water partition coefficient (Wildman–Crippen LogP) is 0.742. The van der Waals surface area contributed by atoms with E-state index in [4.69, 9.17) is 0 Å². The molecule has 0 aliphatic heterocycles. The fourth-order valence-corrected chi connectivity index (χ4v) is 1.89. The molecule has 0 atom stereocenters. The van der Waals surface area contributed by atoms with Gasteiger partial charge in [-0.15, -0.1) is 0 Å². The van der Waals surface area contributed by atoms with Crippen LogP contribution in [0.25, 0.3) is 0 Å². The van der Waals surface area contributed by atoms with Crippen LogP contribution in [0.4, 0.5) is 4.79 Å². The molecule has 0 rings (SSSR count). The molecule has 15 heavy (non-hydrogen) atoms. The zero-order valence-corrected chi connectivity index (χ0v) is 10.9. The van der Waals surface area contributed by atoms with E-state index in [0.717, 1.165) is 11.8 Å². The van der Waals surface area contributed by atoms with Crippen molar-refractivity contribution in [2.45, 2.75) is 19.8 Å². The van der Waals surface area contributed by atoms with Crippen molar-refractivity contribution < 1.29 is 17.9 Å². The number of hydrogen-bond acceptors (Lipinski definition) is 4. The summed E-state index contributed by atoms with van der Waals surface area (Å²) in [5, 5.41) is 0.819.